The van der Waals surface area contributed by atoms with Crippen LogP contribution in [-0.2, 0) is 4.74 Å². The van der Waals surface area contributed by atoms with Gasteiger partial charge in [-0.05, 0) is 62.1 Å². The maximum absolute atomic E-state index is 5.99. The quantitative estimate of drug-likeness (QED) is 0.868. The number of nitrogens with one attached hydrogen (secondary N) is 1. The molecule has 3 heteroatoms. The van der Waals surface area contributed by atoms with Crippen molar-refractivity contribution in [1.82, 2.24) is 4.98 Å². The maximum atomic E-state index is 5.99. The van der Waals surface area contributed by atoms with E-state index in [2.05, 4.69) is 36.3 Å². The van der Waals surface area contributed by atoms with Crippen LogP contribution in [0.2, 0.25) is 0 Å². The minimum Gasteiger partial charge on any atom is -0.375 e. The van der Waals surface area contributed by atoms with Crippen LogP contribution in [-0.4, -0.2) is 23.7 Å². The molecule has 2 heterocycles. The highest BCUT2D eigenvalue weighted by Crippen LogP contribution is 2.54. The van der Waals surface area contributed by atoms with E-state index >= 15 is 0 Å². The summed E-state index contributed by atoms with van der Waals surface area (Å²) in [6.45, 7) is 5.17. The van der Waals surface area contributed by atoms with Crippen molar-refractivity contribution in [2.75, 3.05) is 11.9 Å². The number of ether oxygens (including phenoxy) is 1. The molecule has 18 heavy (non-hydrogen) atoms. The molecule has 3 fully saturated rings. The summed E-state index contributed by atoms with van der Waals surface area (Å²) in [5.41, 5.74) is 2.37. The Morgan fingerprint density at radius 1 is 1.22 bits per heavy atom. The number of fused-ring (bicyclic) bond motifs is 1. The highest BCUT2D eigenvalue weighted by molar-refractivity contribution is 5.41. The smallest absolute Gasteiger partial charge is 0.126 e. The molecule has 1 aromatic rings. The summed E-state index contributed by atoms with van der Waals surface area (Å²) < 4.78 is 5.99. The molecule has 0 spiro atoms. The zero-order valence-corrected chi connectivity index (χ0v) is 11.0. The van der Waals surface area contributed by atoms with Crippen molar-refractivity contribution in [2.45, 2.75) is 38.8 Å². The fourth-order valence-electron chi connectivity index (χ4n) is 4.37. The minimum atomic E-state index is 0.441. The summed E-state index contributed by atoms with van der Waals surface area (Å²) >= 11 is 0. The Balaban J connectivity index is 1.58. The third-order valence-electron chi connectivity index (χ3n) is 4.98. The van der Waals surface area contributed by atoms with E-state index in [1.54, 1.807) is 0 Å². The lowest BCUT2D eigenvalue weighted by Crippen LogP contribution is -2.38. The van der Waals surface area contributed by atoms with Crippen molar-refractivity contribution in [1.29, 1.82) is 0 Å². The second-order valence-corrected chi connectivity index (χ2v) is 6.29. The van der Waals surface area contributed by atoms with Gasteiger partial charge in [-0.15, -0.1) is 0 Å². The summed E-state index contributed by atoms with van der Waals surface area (Å²) in [6.07, 6.45) is 3.15. The summed E-state index contributed by atoms with van der Waals surface area (Å²) in [7, 11) is 0. The van der Waals surface area contributed by atoms with E-state index in [0.29, 0.717) is 12.1 Å². The minimum absolute atomic E-state index is 0.441. The van der Waals surface area contributed by atoms with Gasteiger partial charge in [-0.2, -0.15) is 0 Å². The standard InChI is InChI=1S/C15H20N2O/c1-8-3-9(2)16-13(4-8)17-14-10-5-11-7-18-15(14)12(11)6-10/h3-4,10-12,14-15H,5-7H2,1-2H3,(H,16,17)/t10-,11-,12+,14?,15+/m1/s1. The zero-order chi connectivity index (χ0) is 12.3. The fraction of sp³-hybridized carbons (Fsp3) is 0.667. The van der Waals surface area contributed by atoms with Crippen LogP contribution in [0.15, 0.2) is 12.1 Å². The molecule has 4 rings (SSSR count). The van der Waals surface area contributed by atoms with Crippen LogP contribution < -0.4 is 5.32 Å². The van der Waals surface area contributed by atoms with Gasteiger partial charge in [0.1, 0.15) is 5.82 Å². The Morgan fingerprint density at radius 2 is 2.11 bits per heavy atom. The number of hydrogen-bond donors (Lipinski definition) is 1. The van der Waals surface area contributed by atoms with E-state index in [1.165, 1.54) is 18.4 Å². The molecule has 5 atom stereocenters. The predicted molar refractivity (Wildman–Crippen MR) is 70.6 cm³/mol. The molecule has 1 saturated heterocycles. The van der Waals surface area contributed by atoms with Crippen LogP contribution >= 0.6 is 0 Å². The molecule has 1 aromatic heterocycles. The third kappa shape index (κ3) is 1.50. The highest BCUT2D eigenvalue weighted by atomic mass is 16.5. The second-order valence-electron chi connectivity index (χ2n) is 6.29. The summed E-state index contributed by atoms with van der Waals surface area (Å²) in [5.74, 6) is 3.50. The summed E-state index contributed by atoms with van der Waals surface area (Å²) in [6, 6.07) is 4.75. The molecule has 0 amide bonds. The molecule has 2 aliphatic carbocycles. The first-order valence-electron chi connectivity index (χ1n) is 7.04. The Labute approximate surface area is 108 Å². The van der Waals surface area contributed by atoms with E-state index in [9.17, 15) is 0 Å². The molecule has 3 nitrogen and oxygen atoms in total. The van der Waals surface area contributed by atoms with Crippen molar-refractivity contribution in [3.63, 3.8) is 0 Å². The zero-order valence-electron chi connectivity index (χ0n) is 11.0. The van der Waals surface area contributed by atoms with Crippen LogP contribution in [0.5, 0.6) is 0 Å². The highest BCUT2D eigenvalue weighted by Gasteiger charge is 2.57. The Morgan fingerprint density at radius 3 is 2.94 bits per heavy atom. The normalized spacial score (nSPS) is 40.4. The molecule has 3 aliphatic rings. The topological polar surface area (TPSA) is 34.2 Å². The third-order valence-corrected chi connectivity index (χ3v) is 4.98. The number of rotatable bonds is 2. The van der Waals surface area contributed by atoms with Gasteiger partial charge < -0.3 is 10.1 Å². The first kappa shape index (κ1) is 10.8. The maximum Gasteiger partial charge on any atom is 0.126 e. The molecule has 2 bridgehead atoms. The largest absolute Gasteiger partial charge is 0.375 e. The van der Waals surface area contributed by atoms with Gasteiger partial charge in [-0.1, -0.05) is 0 Å². The Bertz CT molecular complexity index is 465. The first-order chi connectivity index (χ1) is 8.70. The monoisotopic (exact) mass is 244 g/mol. The summed E-state index contributed by atoms with van der Waals surface area (Å²) in [5, 5.41) is 3.65. The molecular weight excluding hydrogens is 224 g/mol. The number of pyridine rings is 1. The number of aryl methyl sites for hydroxylation is 2. The van der Waals surface area contributed by atoms with Gasteiger partial charge in [0.15, 0.2) is 0 Å². The predicted octanol–water partition coefficient (Wildman–Crippen LogP) is 2.53. The average Bonchev–Trinajstić information content (AvgIpc) is 2.88. The van der Waals surface area contributed by atoms with Crippen molar-refractivity contribution in [2.24, 2.45) is 17.8 Å². The van der Waals surface area contributed by atoms with Crippen molar-refractivity contribution >= 4 is 5.82 Å². The van der Waals surface area contributed by atoms with Crippen LogP contribution in [0, 0.1) is 31.6 Å². The van der Waals surface area contributed by atoms with Gasteiger partial charge in [-0.25, -0.2) is 4.98 Å². The van der Waals surface area contributed by atoms with Crippen molar-refractivity contribution < 1.29 is 4.74 Å². The van der Waals surface area contributed by atoms with E-state index in [1.807, 2.05) is 0 Å². The SMILES string of the molecule is Cc1cc(C)nc(NC2[C@@H]3C[C@@H]4CO[C@H]2[C@H]4C3)c1. The molecule has 1 unspecified atom stereocenters. The fourth-order valence-corrected chi connectivity index (χ4v) is 4.37. The molecule has 2 saturated carbocycles. The molecule has 96 valence electrons. The molecule has 1 aliphatic heterocycles. The van der Waals surface area contributed by atoms with Crippen molar-refractivity contribution in [3.05, 3.63) is 23.4 Å². The molecule has 0 radical (unpaired) electrons. The van der Waals surface area contributed by atoms with E-state index in [-0.39, 0.29) is 0 Å². The molecule has 0 aromatic carbocycles. The summed E-state index contributed by atoms with van der Waals surface area (Å²) in [4.78, 5) is 4.60. The Kier molecular flexibility index (Phi) is 2.22. The van der Waals surface area contributed by atoms with Gasteiger partial charge in [0, 0.05) is 5.69 Å². The van der Waals surface area contributed by atoms with Gasteiger partial charge in [0.05, 0.1) is 18.8 Å². The van der Waals surface area contributed by atoms with Gasteiger partial charge in [0.25, 0.3) is 0 Å². The van der Waals surface area contributed by atoms with E-state index in [4.69, 9.17) is 4.74 Å². The van der Waals surface area contributed by atoms with Crippen molar-refractivity contribution in [3.8, 4) is 0 Å². The lowest BCUT2D eigenvalue weighted by Gasteiger charge is -2.28. The van der Waals surface area contributed by atoms with E-state index in [0.717, 1.165) is 35.9 Å². The van der Waals surface area contributed by atoms with Crippen LogP contribution in [0.3, 0.4) is 0 Å². The average molecular weight is 244 g/mol. The lowest BCUT2D eigenvalue weighted by molar-refractivity contribution is 0.0930. The first-order valence-corrected chi connectivity index (χ1v) is 7.04. The number of aromatic nitrogens is 1. The van der Waals surface area contributed by atoms with E-state index < -0.39 is 0 Å². The molecule has 1 N–H and O–H groups in total. The van der Waals surface area contributed by atoms with Crippen LogP contribution in [0.1, 0.15) is 24.1 Å². The second kappa shape index (κ2) is 3.70. The van der Waals surface area contributed by atoms with Gasteiger partial charge in [-0.3, -0.25) is 0 Å². The van der Waals surface area contributed by atoms with Gasteiger partial charge in [0.2, 0.25) is 0 Å². The number of nitrogens with zero attached hydrogens (tertiary/aromatic N) is 1. The van der Waals surface area contributed by atoms with Gasteiger partial charge >= 0.3 is 0 Å². The molecular formula is C15H20N2O. The number of hydrogen-bond acceptors (Lipinski definition) is 3. The lowest BCUT2D eigenvalue weighted by atomic mass is 9.87. The number of anilines is 1. The van der Waals surface area contributed by atoms with Crippen LogP contribution in [0.25, 0.3) is 0 Å². The Hall–Kier alpha value is -1.09. The van der Waals surface area contributed by atoms with Crippen LogP contribution in [0.4, 0.5) is 5.82 Å².